The van der Waals surface area contributed by atoms with E-state index >= 15 is 0 Å². The summed E-state index contributed by atoms with van der Waals surface area (Å²) < 4.78 is 0. The molecule has 0 aromatic rings. The maximum absolute atomic E-state index is 2.17. The first-order valence-corrected chi connectivity index (χ1v) is 5.15. The molecule has 15 heavy (non-hydrogen) atoms. The molecule has 0 unspecified atom stereocenters. The Labute approximate surface area is 106 Å². The van der Waals surface area contributed by atoms with Crippen LogP contribution in [-0.4, -0.2) is 8.41 Å². The molecule has 0 atom stereocenters. The van der Waals surface area contributed by atoms with Crippen molar-refractivity contribution < 1.29 is 0 Å². The van der Waals surface area contributed by atoms with E-state index < -0.39 is 0 Å². The number of hydrogen-bond donors (Lipinski definition) is 0. The summed E-state index contributed by atoms with van der Waals surface area (Å²) in [5, 5.41) is 0. The van der Waals surface area contributed by atoms with Gasteiger partial charge in [0, 0.05) is 8.41 Å². The molecule has 3 radical (unpaired) electrons. The Kier molecular flexibility index (Phi) is 578. The van der Waals surface area contributed by atoms with Gasteiger partial charge in [-0.15, -0.1) is 0 Å². The van der Waals surface area contributed by atoms with Gasteiger partial charge < -0.3 is 0 Å². The van der Waals surface area contributed by atoms with Crippen molar-refractivity contribution in [2.45, 2.75) is 91.0 Å². The van der Waals surface area contributed by atoms with Gasteiger partial charge in [0.1, 0.15) is 0 Å². The van der Waals surface area contributed by atoms with Gasteiger partial charge in [-0.1, -0.05) is 91.0 Å². The molecule has 0 N–H and O–H groups in total. The first-order valence-electron chi connectivity index (χ1n) is 5.15. The molecule has 0 bridgehead atoms. The van der Waals surface area contributed by atoms with Gasteiger partial charge in [-0.3, -0.25) is 0 Å². The maximum atomic E-state index is 2.17. The average Bonchev–Trinajstić information content (AvgIpc) is 1.96. The van der Waals surface area contributed by atoms with Gasteiger partial charge in [0.05, 0.1) is 0 Å². The molecule has 0 saturated heterocycles. The first-order chi connectivity index (χ1) is 5.15. The summed E-state index contributed by atoms with van der Waals surface area (Å²) in [7, 11) is 0. The summed E-state index contributed by atoms with van der Waals surface area (Å²) >= 11 is 0. The van der Waals surface area contributed by atoms with E-state index in [1.807, 2.05) is 27.7 Å². The van der Waals surface area contributed by atoms with Gasteiger partial charge in [-0.2, -0.15) is 0 Å². The molecule has 0 nitrogen and oxygen atoms in total. The minimum Gasteiger partial charge on any atom is -0.0776 e. The zero-order chi connectivity index (χ0) is 10.3. The Hall–Kier alpha value is 0.0649. The monoisotopic (exact) mass is 221 g/mol. The van der Waals surface area contributed by atoms with E-state index in [4.69, 9.17) is 0 Å². The molecule has 0 aliphatic heterocycles. The fourth-order valence-corrected chi connectivity index (χ4v) is 0. The Morgan fingerprint density at radius 2 is 0.667 bits per heavy atom. The van der Waals surface area contributed by atoms with Gasteiger partial charge in [-0.25, -0.2) is 0 Å². The van der Waals surface area contributed by atoms with Gasteiger partial charge in [0.2, 0.25) is 0 Å². The maximum Gasteiger partial charge on any atom is 0 e. The van der Waals surface area contributed by atoms with Crippen molar-refractivity contribution in [3.63, 3.8) is 0 Å². The quantitative estimate of drug-likeness (QED) is 0.401. The Morgan fingerprint density at radius 1 is 0.667 bits per heavy atom. The summed E-state index contributed by atoms with van der Waals surface area (Å²) in [5.74, 6) is 0.833. The topological polar surface area (TPSA) is 0 Å². The van der Waals surface area contributed by atoms with Crippen LogP contribution in [0.2, 0.25) is 0 Å². The van der Waals surface area contributed by atoms with E-state index in [2.05, 4.69) is 34.6 Å². The molecule has 101 valence electrons. The molecule has 0 rings (SSSR count). The highest BCUT2D eigenvalue weighted by Crippen LogP contribution is 1.81. The molecule has 0 aliphatic rings. The van der Waals surface area contributed by atoms with E-state index in [-0.39, 0.29) is 30.7 Å². The van der Waals surface area contributed by atoms with Crippen LogP contribution in [-0.2, 0) is 0 Å². The minimum absolute atomic E-state index is 0. The normalized spacial score (nSPS) is 4.40. The second-order valence-corrected chi connectivity index (χ2v) is 2.44. The highest BCUT2D eigenvalue weighted by atomic mass is 13.7. The molecule has 0 spiro atoms. The van der Waals surface area contributed by atoms with Crippen molar-refractivity contribution in [2.24, 2.45) is 5.92 Å². The molecular formula is C14H42B. The van der Waals surface area contributed by atoms with Crippen molar-refractivity contribution in [3.8, 4) is 0 Å². The molecule has 0 heterocycles. The van der Waals surface area contributed by atoms with E-state index in [0.717, 1.165) is 5.92 Å². The molecule has 0 aliphatic carbocycles. The lowest BCUT2D eigenvalue weighted by atomic mass is 10.3. The molecule has 1 heteroatoms. The molecule has 0 fully saturated rings. The summed E-state index contributed by atoms with van der Waals surface area (Å²) in [4.78, 5) is 0. The number of hydrogen-bond acceptors (Lipinski definition) is 0. The van der Waals surface area contributed by atoms with Gasteiger partial charge in [-0.05, 0) is 5.92 Å². The fourth-order valence-electron chi connectivity index (χ4n) is 0. The van der Waals surface area contributed by atoms with E-state index in [1.165, 1.54) is 6.42 Å². The SMILES string of the molecule is C.C.C.CC.CC.CC(C)C.CCC.[B]. The largest absolute Gasteiger partial charge is 0.0776 e. The molecule has 0 amide bonds. The van der Waals surface area contributed by atoms with E-state index in [9.17, 15) is 0 Å². The fraction of sp³-hybridized carbons (Fsp3) is 1.00. The van der Waals surface area contributed by atoms with Crippen molar-refractivity contribution in [1.82, 2.24) is 0 Å². The molecule has 0 saturated carbocycles. The first kappa shape index (κ1) is 59.7. The van der Waals surface area contributed by atoms with Gasteiger partial charge >= 0.3 is 0 Å². The van der Waals surface area contributed by atoms with Crippen molar-refractivity contribution in [1.29, 1.82) is 0 Å². The summed E-state index contributed by atoms with van der Waals surface area (Å²) in [5.41, 5.74) is 0. The van der Waals surface area contributed by atoms with Crippen LogP contribution in [0.3, 0.4) is 0 Å². The Bertz CT molecular complexity index is 16.5. The van der Waals surface area contributed by atoms with Gasteiger partial charge in [0.15, 0.2) is 0 Å². The third kappa shape index (κ3) is 486000. The van der Waals surface area contributed by atoms with Gasteiger partial charge in [0.25, 0.3) is 0 Å². The van der Waals surface area contributed by atoms with E-state index in [0.29, 0.717) is 0 Å². The van der Waals surface area contributed by atoms with Crippen LogP contribution in [0, 0.1) is 5.92 Å². The highest BCUT2D eigenvalue weighted by Gasteiger charge is 1.68. The zero-order valence-corrected chi connectivity index (χ0v) is 10.9. The standard InChI is InChI=1S/C4H10.C3H8.2C2H6.3CH4.B/c1-4(2)3;1-3-2;2*1-2;;;;/h4H,1-3H3;3H2,1-2H3;2*1-2H3;3*1H4;. The summed E-state index contributed by atoms with van der Waals surface area (Å²) in [6.07, 6.45) is 1.25. The van der Waals surface area contributed by atoms with Crippen molar-refractivity contribution in [2.75, 3.05) is 0 Å². The summed E-state index contributed by atoms with van der Waals surface area (Å²) in [6.45, 7) is 18.8. The van der Waals surface area contributed by atoms with E-state index in [1.54, 1.807) is 0 Å². The third-order valence-corrected chi connectivity index (χ3v) is 0. The second kappa shape index (κ2) is 145. The molecular weight excluding hydrogens is 179 g/mol. The lowest BCUT2D eigenvalue weighted by Crippen LogP contribution is -1.66. The second-order valence-electron chi connectivity index (χ2n) is 2.44. The van der Waals surface area contributed by atoms with Crippen LogP contribution >= 0.6 is 0 Å². The minimum atomic E-state index is 0. The van der Waals surface area contributed by atoms with Crippen LogP contribution in [0.1, 0.15) is 91.0 Å². The lowest BCUT2D eigenvalue weighted by molar-refractivity contribution is 0.737. The number of rotatable bonds is 0. The van der Waals surface area contributed by atoms with Crippen LogP contribution in [0.25, 0.3) is 0 Å². The highest BCUT2D eigenvalue weighted by molar-refractivity contribution is 5.75. The van der Waals surface area contributed by atoms with Crippen molar-refractivity contribution in [3.05, 3.63) is 0 Å². The summed E-state index contributed by atoms with van der Waals surface area (Å²) in [6, 6.07) is 0. The van der Waals surface area contributed by atoms with Crippen LogP contribution in [0.5, 0.6) is 0 Å². The molecule has 0 aromatic carbocycles. The zero-order valence-electron chi connectivity index (χ0n) is 10.9. The average molecular weight is 221 g/mol. The van der Waals surface area contributed by atoms with Crippen LogP contribution in [0.15, 0.2) is 0 Å². The predicted molar refractivity (Wildman–Crippen MR) is 85.1 cm³/mol. The lowest BCUT2D eigenvalue weighted by Gasteiger charge is -1.79. The predicted octanol–water partition coefficient (Wildman–Crippen LogP) is 6.66. The smallest absolute Gasteiger partial charge is 0 e. The molecule has 0 aromatic heterocycles. The Balaban J connectivity index is -0.00000000692. The van der Waals surface area contributed by atoms with Crippen LogP contribution in [0.4, 0.5) is 0 Å². The third-order valence-electron chi connectivity index (χ3n) is 0. The van der Waals surface area contributed by atoms with Crippen molar-refractivity contribution >= 4 is 8.41 Å². The Morgan fingerprint density at radius 3 is 0.667 bits per heavy atom. The van der Waals surface area contributed by atoms with Crippen LogP contribution < -0.4 is 0 Å².